The SMILES string of the molecule is CC(CP(Br)(c1ccccc1)(c1ccccc1)c1ccccc1)(NN)c1ccccc1. The standard InChI is InChI=1S/C27H28BrN2P/c1-27(30-29,23-14-6-2-7-15-23)22-31(28,24-16-8-3-9-17-24,25-18-10-4-11-19-25)26-20-12-5-13-21-26/h2-21,30H,22,29H2,1H3. The zero-order chi connectivity index (χ0) is 21.8. The predicted molar refractivity (Wildman–Crippen MR) is 140 cm³/mol. The van der Waals surface area contributed by atoms with E-state index in [2.05, 4.69) is 143 Å². The van der Waals surface area contributed by atoms with E-state index in [9.17, 15) is 0 Å². The van der Waals surface area contributed by atoms with Gasteiger partial charge in [0, 0.05) is 0 Å². The molecule has 4 heteroatoms. The van der Waals surface area contributed by atoms with Crippen LogP contribution in [0.2, 0.25) is 0 Å². The Morgan fingerprint density at radius 2 is 0.968 bits per heavy atom. The fourth-order valence-corrected chi connectivity index (χ4v) is 13.5. The molecule has 0 saturated carbocycles. The van der Waals surface area contributed by atoms with Crippen molar-refractivity contribution >= 4 is 36.7 Å². The summed E-state index contributed by atoms with van der Waals surface area (Å²) in [5.74, 6) is 6.29. The molecule has 0 aliphatic heterocycles. The molecule has 0 heterocycles. The first-order chi connectivity index (χ1) is 15.0. The zero-order valence-electron chi connectivity index (χ0n) is 17.7. The van der Waals surface area contributed by atoms with Crippen LogP contribution in [0.15, 0.2) is 121 Å². The normalized spacial score (nSPS) is 14.9. The number of hydrogen-bond donors (Lipinski definition) is 2. The molecule has 0 aliphatic rings. The molecule has 0 aliphatic carbocycles. The van der Waals surface area contributed by atoms with E-state index in [1.54, 1.807) is 0 Å². The van der Waals surface area contributed by atoms with E-state index in [1.165, 1.54) is 15.9 Å². The number of rotatable bonds is 7. The topological polar surface area (TPSA) is 38.0 Å². The summed E-state index contributed by atoms with van der Waals surface area (Å²) in [6.07, 6.45) is 0.775. The van der Waals surface area contributed by atoms with Gasteiger partial charge in [0.1, 0.15) is 0 Å². The van der Waals surface area contributed by atoms with Gasteiger partial charge >= 0.3 is 193 Å². The molecule has 158 valence electrons. The summed E-state index contributed by atoms with van der Waals surface area (Å²) in [6, 6.07) is 42.9. The molecular formula is C27H28BrN2P. The summed E-state index contributed by atoms with van der Waals surface area (Å²) >= 11 is 4.53. The van der Waals surface area contributed by atoms with Crippen LogP contribution in [-0.4, -0.2) is 6.16 Å². The first-order valence-corrected chi connectivity index (χ1v) is 14.9. The van der Waals surface area contributed by atoms with Gasteiger partial charge in [0.05, 0.1) is 0 Å². The Labute approximate surface area is 193 Å². The molecule has 0 aromatic heterocycles. The van der Waals surface area contributed by atoms with Crippen molar-refractivity contribution in [1.82, 2.24) is 5.43 Å². The van der Waals surface area contributed by atoms with Crippen molar-refractivity contribution in [2.45, 2.75) is 12.5 Å². The van der Waals surface area contributed by atoms with Gasteiger partial charge in [-0.1, -0.05) is 0 Å². The van der Waals surface area contributed by atoms with Gasteiger partial charge in [-0.05, 0) is 0 Å². The number of halogens is 1. The quantitative estimate of drug-likeness (QED) is 0.212. The molecule has 1 unspecified atom stereocenters. The zero-order valence-corrected chi connectivity index (χ0v) is 20.1. The van der Waals surface area contributed by atoms with Crippen LogP contribution in [0.5, 0.6) is 0 Å². The summed E-state index contributed by atoms with van der Waals surface area (Å²) in [4.78, 5) is 0. The molecule has 3 N–H and O–H groups in total. The molecule has 4 rings (SSSR count). The molecular weight excluding hydrogens is 463 g/mol. The van der Waals surface area contributed by atoms with E-state index in [0.29, 0.717) is 0 Å². The average molecular weight is 491 g/mol. The van der Waals surface area contributed by atoms with Crippen molar-refractivity contribution < 1.29 is 0 Å². The second kappa shape index (κ2) is 8.68. The molecule has 0 fully saturated rings. The third-order valence-corrected chi connectivity index (χ3v) is 16.0. The van der Waals surface area contributed by atoms with Gasteiger partial charge in [0.15, 0.2) is 0 Å². The van der Waals surface area contributed by atoms with Crippen LogP contribution in [0, 0.1) is 0 Å². The van der Waals surface area contributed by atoms with E-state index in [-0.39, 0.29) is 0 Å². The number of hydrazine groups is 1. The fraction of sp³-hybridized carbons (Fsp3) is 0.111. The Balaban J connectivity index is 2.08. The second-order valence-corrected chi connectivity index (χ2v) is 17.1. The van der Waals surface area contributed by atoms with Crippen LogP contribution in [0.4, 0.5) is 0 Å². The Bertz CT molecular complexity index is 1020. The molecule has 4 aromatic carbocycles. The summed E-state index contributed by atoms with van der Waals surface area (Å²) < 4.78 is 0. The Morgan fingerprint density at radius 3 is 1.29 bits per heavy atom. The minimum atomic E-state index is -3.11. The first kappa shape index (κ1) is 21.9. The Kier molecular flexibility index (Phi) is 6.14. The molecule has 0 saturated heterocycles. The number of nitrogens with two attached hydrogens (primary N) is 1. The number of benzene rings is 4. The van der Waals surface area contributed by atoms with E-state index in [1.807, 2.05) is 6.07 Å². The fourth-order valence-electron chi connectivity index (χ4n) is 4.56. The van der Waals surface area contributed by atoms with Crippen molar-refractivity contribution in [3.8, 4) is 0 Å². The van der Waals surface area contributed by atoms with Gasteiger partial charge in [0.2, 0.25) is 0 Å². The van der Waals surface area contributed by atoms with Crippen LogP contribution in [0.1, 0.15) is 12.5 Å². The van der Waals surface area contributed by atoms with Gasteiger partial charge in [-0.25, -0.2) is 0 Å². The van der Waals surface area contributed by atoms with Crippen LogP contribution in [-0.2, 0) is 5.54 Å². The molecule has 2 nitrogen and oxygen atoms in total. The monoisotopic (exact) mass is 490 g/mol. The van der Waals surface area contributed by atoms with E-state index >= 15 is 0 Å². The maximum atomic E-state index is 6.29. The van der Waals surface area contributed by atoms with Crippen LogP contribution in [0.25, 0.3) is 0 Å². The van der Waals surface area contributed by atoms with Crippen molar-refractivity contribution in [2.75, 3.05) is 6.16 Å². The molecule has 1 atom stereocenters. The Morgan fingerprint density at radius 1 is 0.645 bits per heavy atom. The van der Waals surface area contributed by atoms with Gasteiger partial charge in [-0.3, -0.25) is 0 Å². The van der Waals surface area contributed by atoms with Crippen molar-refractivity contribution in [1.29, 1.82) is 0 Å². The summed E-state index contributed by atoms with van der Waals surface area (Å²) in [5.41, 5.74) is 3.88. The average Bonchev–Trinajstić information content (AvgIpc) is 2.86. The van der Waals surface area contributed by atoms with Gasteiger partial charge in [0.25, 0.3) is 0 Å². The van der Waals surface area contributed by atoms with Gasteiger partial charge in [-0.15, -0.1) is 0 Å². The molecule has 0 radical (unpaired) electrons. The molecule has 0 amide bonds. The summed E-state index contributed by atoms with van der Waals surface area (Å²) in [5, 5.41) is 0.728. The number of hydrogen-bond acceptors (Lipinski definition) is 2. The molecule has 0 bridgehead atoms. The van der Waals surface area contributed by atoms with Crippen molar-refractivity contribution in [3.05, 3.63) is 127 Å². The first-order valence-electron chi connectivity index (χ1n) is 10.4. The van der Waals surface area contributed by atoms with Gasteiger partial charge < -0.3 is 0 Å². The second-order valence-electron chi connectivity index (χ2n) is 8.19. The summed E-state index contributed by atoms with van der Waals surface area (Å²) in [6.45, 7) is 2.19. The minimum absolute atomic E-state index is 0.468. The van der Waals surface area contributed by atoms with Crippen LogP contribution >= 0.6 is 20.8 Å². The summed E-state index contributed by atoms with van der Waals surface area (Å²) in [7, 11) is 0. The van der Waals surface area contributed by atoms with Crippen molar-refractivity contribution in [2.24, 2.45) is 5.84 Å². The maximum absolute atomic E-state index is 6.29. The predicted octanol–water partition coefficient (Wildman–Crippen LogP) is 5.20. The van der Waals surface area contributed by atoms with Crippen LogP contribution in [0.3, 0.4) is 0 Å². The third kappa shape index (κ3) is 3.77. The number of nitrogens with one attached hydrogen (secondary N) is 1. The van der Waals surface area contributed by atoms with E-state index in [4.69, 9.17) is 5.84 Å². The van der Waals surface area contributed by atoms with E-state index in [0.717, 1.165) is 11.7 Å². The Hall–Kier alpha value is -2.29. The molecule has 4 aromatic rings. The third-order valence-electron chi connectivity index (χ3n) is 6.23. The van der Waals surface area contributed by atoms with E-state index < -0.39 is 10.8 Å². The molecule has 31 heavy (non-hydrogen) atoms. The molecule has 0 spiro atoms. The van der Waals surface area contributed by atoms with Crippen molar-refractivity contribution in [3.63, 3.8) is 0 Å². The van der Waals surface area contributed by atoms with Gasteiger partial charge in [-0.2, -0.15) is 0 Å². The van der Waals surface area contributed by atoms with Crippen LogP contribution < -0.4 is 27.2 Å².